The Kier molecular flexibility index (Phi) is 2.06. The minimum Gasteiger partial charge on any atom is -0.397 e. The topological polar surface area (TPSA) is 104 Å². The van der Waals surface area contributed by atoms with Crippen LogP contribution in [-0.4, -0.2) is 0 Å². The van der Waals surface area contributed by atoms with Crippen molar-refractivity contribution >= 4 is 38.7 Å². The van der Waals surface area contributed by atoms with Crippen molar-refractivity contribution in [1.82, 2.24) is 0 Å². The van der Waals surface area contributed by atoms with Crippen LogP contribution in [0.2, 0.25) is 0 Å². The molecule has 0 atom stereocenters. The lowest BCUT2D eigenvalue weighted by Crippen LogP contribution is -2.06. The molecule has 0 aliphatic heterocycles. The number of hydrogen-bond donors (Lipinski definition) is 4. The Balaban J connectivity index is 3.60. The predicted octanol–water partition coefficient (Wildman–Crippen LogP) is 1.09. The Morgan fingerprint density at radius 3 is 1.50 bits per heavy atom. The van der Waals surface area contributed by atoms with Gasteiger partial charge in [-0.2, -0.15) is 0 Å². The van der Waals surface area contributed by atoms with Crippen LogP contribution in [0, 0.1) is 6.92 Å². The first-order valence-corrected chi connectivity index (χ1v) is 4.14. The summed E-state index contributed by atoms with van der Waals surface area (Å²) in [5.74, 6) is 0. The van der Waals surface area contributed by atoms with Crippen LogP contribution in [0.5, 0.6) is 0 Å². The van der Waals surface area contributed by atoms with Gasteiger partial charge in [-0.15, -0.1) is 0 Å². The Bertz CT molecular complexity index is 230. The van der Waals surface area contributed by atoms with Crippen LogP contribution in [-0.2, 0) is 0 Å². The number of nitrogen functional groups attached to an aromatic ring is 4. The van der Waals surface area contributed by atoms with Crippen LogP contribution >= 0.6 is 15.9 Å². The first-order valence-electron chi connectivity index (χ1n) is 3.34. The highest BCUT2D eigenvalue weighted by Gasteiger charge is 2.12. The molecule has 0 saturated heterocycles. The highest BCUT2D eigenvalue weighted by molar-refractivity contribution is 9.10. The van der Waals surface area contributed by atoms with E-state index < -0.39 is 0 Å². The zero-order valence-electron chi connectivity index (χ0n) is 6.69. The minimum atomic E-state index is 0.444. The summed E-state index contributed by atoms with van der Waals surface area (Å²) in [6, 6.07) is 0. The summed E-state index contributed by atoms with van der Waals surface area (Å²) in [5.41, 5.74) is 25.2. The lowest BCUT2D eigenvalue weighted by atomic mass is 10.1. The third-order valence-corrected chi connectivity index (χ3v) is 2.72. The van der Waals surface area contributed by atoms with E-state index in [1.54, 1.807) is 6.92 Å². The molecule has 0 aliphatic carbocycles. The minimum absolute atomic E-state index is 0.444. The molecule has 4 nitrogen and oxygen atoms in total. The quantitative estimate of drug-likeness (QED) is 0.501. The van der Waals surface area contributed by atoms with Crippen molar-refractivity contribution in [2.45, 2.75) is 6.92 Å². The molecule has 0 spiro atoms. The highest BCUT2D eigenvalue weighted by Crippen LogP contribution is 2.39. The smallest absolute Gasteiger partial charge is 0.0717 e. The van der Waals surface area contributed by atoms with Gasteiger partial charge in [-0.1, -0.05) is 0 Å². The molecule has 0 aliphatic rings. The summed E-state index contributed by atoms with van der Waals surface area (Å²) in [6.07, 6.45) is 0. The molecule has 0 aromatic heterocycles. The molecule has 0 heterocycles. The van der Waals surface area contributed by atoms with E-state index in [-0.39, 0.29) is 0 Å². The summed E-state index contributed by atoms with van der Waals surface area (Å²) in [6.45, 7) is 1.78. The van der Waals surface area contributed by atoms with E-state index in [0.29, 0.717) is 27.2 Å². The monoisotopic (exact) mass is 230 g/mol. The Labute approximate surface area is 79.0 Å². The van der Waals surface area contributed by atoms with Gasteiger partial charge in [0.1, 0.15) is 0 Å². The van der Waals surface area contributed by atoms with Crippen LogP contribution in [0.3, 0.4) is 0 Å². The van der Waals surface area contributed by atoms with Crippen LogP contribution in [0.4, 0.5) is 22.7 Å². The third kappa shape index (κ3) is 1.06. The normalized spacial score (nSPS) is 10.2. The van der Waals surface area contributed by atoms with E-state index in [4.69, 9.17) is 22.9 Å². The molecule has 1 aromatic carbocycles. The zero-order chi connectivity index (χ0) is 9.46. The van der Waals surface area contributed by atoms with E-state index in [9.17, 15) is 0 Å². The molecule has 0 amide bonds. The van der Waals surface area contributed by atoms with E-state index in [0.717, 1.165) is 5.56 Å². The number of benzene rings is 1. The average Bonchev–Trinajstić information content (AvgIpc) is 2.08. The van der Waals surface area contributed by atoms with Crippen molar-refractivity contribution in [2.24, 2.45) is 0 Å². The summed E-state index contributed by atoms with van der Waals surface area (Å²) in [7, 11) is 0. The molecule has 0 saturated carbocycles. The van der Waals surface area contributed by atoms with Gasteiger partial charge in [-0.3, -0.25) is 0 Å². The summed E-state index contributed by atoms with van der Waals surface area (Å²) in [5, 5.41) is 0. The Hall–Kier alpha value is -1.10. The van der Waals surface area contributed by atoms with Gasteiger partial charge in [0.2, 0.25) is 0 Å². The second-order valence-corrected chi connectivity index (χ2v) is 3.39. The Morgan fingerprint density at radius 2 is 1.17 bits per heavy atom. The standard InChI is InChI=1S/C7H11BrN4/c1-2-4(9)6(11)3(8)7(12)5(2)10/h9-12H2,1H3. The molecule has 66 valence electrons. The van der Waals surface area contributed by atoms with Gasteiger partial charge in [0.25, 0.3) is 0 Å². The van der Waals surface area contributed by atoms with Gasteiger partial charge < -0.3 is 22.9 Å². The van der Waals surface area contributed by atoms with Crippen LogP contribution < -0.4 is 22.9 Å². The van der Waals surface area contributed by atoms with Gasteiger partial charge in [0, 0.05) is 0 Å². The highest BCUT2D eigenvalue weighted by atomic mass is 79.9. The SMILES string of the molecule is Cc1c(N)c(N)c(Br)c(N)c1N. The van der Waals surface area contributed by atoms with Crippen molar-refractivity contribution < 1.29 is 0 Å². The predicted molar refractivity (Wildman–Crippen MR) is 56.5 cm³/mol. The number of rotatable bonds is 0. The number of hydrogen-bond acceptors (Lipinski definition) is 4. The van der Waals surface area contributed by atoms with E-state index in [1.807, 2.05) is 0 Å². The molecule has 12 heavy (non-hydrogen) atoms. The Morgan fingerprint density at radius 1 is 0.833 bits per heavy atom. The summed E-state index contributed by atoms with van der Waals surface area (Å²) in [4.78, 5) is 0. The van der Waals surface area contributed by atoms with Gasteiger partial charge in [0.15, 0.2) is 0 Å². The fraction of sp³-hybridized carbons (Fsp3) is 0.143. The van der Waals surface area contributed by atoms with E-state index >= 15 is 0 Å². The molecule has 1 rings (SSSR count). The van der Waals surface area contributed by atoms with Gasteiger partial charge in [-0.25, -0.2) is 0 Å². The first kappa shape index (κ1) is 8.99. The zero-order valence-corrected chi connectivity index (χ0v) is 8.27. The molecular weight excluding hydrogens is 220 g/mol. The van der Waals surface area contributed by atoms with E-state index in [1.165, 1.54) is 0 Å². The summed E-state index contributed by atoms with van der Waals surface area (Å²) < 4.78 is 0.572. The lowest BCUT2D eigenvalue weighted by molar-refractivity contribution is 1.45. The van der Waals surface area contributed by atoms with Crippen molar-refractivity contribution in [3.05, 3.63) is 10.0 Å². The molecule has 0 bridgehead atoms. The molecule has 0 unspecified atom stereocenters. The molecule has 8 N–H and O–H groups in total. The van der Waals surface area contributed by atoms with E-state index in [2.05, 4.69) is 15.9 Å². The molecule has 1 aromatic rings. The van der Waals surface area contributed by atoms with Crippen molar-refractivity contribution in [3.63, 3.8) is 0 Å². The van der Waals surface area contributed by atoms with Crippen molar-refractivity contribution in [1.29, 1.82) is 0 Å². The molecule has 5 heteroatoms. The summed E-state index contributed by atoms with van der Waals surface area (Å²) >= 11 is 3.20. The van der Waals surface area contributed by atoms with Crippen molar-refractivity contribution in [2.75, 3.05) is 22.9 Å². The largest absolute Gasteiger partial charge is 0.397 e. The molecular formula is C7H11BrN4. The number of halogens is 1. The maximum Gasteiger partial charge on any atom is 0.0717 e. The van der Waals surface area contributed by atoms with Crippen LogP contribution in [0.1, 0.15) is 5.56 Å². The molecule has 0 fully saturated rings. The second-order valence-electron chi connectivity index (χ2n) is 2.59. The maximum absolute atomic E-state index is 5.66. The maximum atomic E-state index is 5.66. The van der Waals surface area contributed by atoms with Crippen LogP contribution in [0.15, 0.2) is 4.47 Å². The number of nitrogens with two attached hydrogens (primary N) is 4. The second kappa shape index (κ2) is 2.75. The lowest BCUT2D eigenvalue weighted by Gasteiger charge is -2.12. The fourth-order valence-electron chi connectivity index (χ4n) is 0.931. The third-order valence-electron chi connectivity index (χ3n) is 1.86. The molecule has 0 radical (unpaired) electrons. The van der Waals surface area contributed by atoms with Gasteiger partial charge in [-0.05, 0) is 28.4 Å². The average molecular weight is 231 g/mol. The van der Waals surface area contributed by atoms with Gasteiger partial charge in [0.05, 0.1) is 27.2 Å². The number of anilines is 4. The van der Waals surface area contributed by atoms with Gasteiger partial charge >= 0.3 is 0 Å². The first-order chi connectivity index (χ1) is 5.46. The van der Waals surface area contributed by atoms with Crippen molar-refractivity contribution in [3.8, 4) is 0 Å². The fourth-order valence-corrected chi connectivity index (χ4v) is 1.36. The van der Waals surface area contributed by atoms with Crippen LogP contribution in [0.25, 0.3) is 0 Å².